The number of benzene rings is 2. The van der Waals surface area contributed by atoms with Gasteiger partial charge in [-0.2, -0.15) is 0 Å². The van der Waals surface area contributed by atoms with Gasteiger partial charge >= 0.3 is 0 Å². The average molecular weight is 320 g/mol. The van der Waals surface area contributed by atoms with E-state index in [4.69, 9.17) is 4.74 Å². The monoisotopic (exact) mass is 320 g/mol. The molecule has 4 heteroatoms. The van der Waals surface area contributed by atoms with Gasteiger partial charge in [0.15, 0.2) is 0 Å². The van der Waals surface area contributed by atoms with E-state index in [-0.39, 0.29) is 0 Å². The van der Waals surface area contributed by atoms with Gasteiger partial charge in [-0.3, -0.25) is 4.98 Å². The molecule has 0 aliphatic heterocycles. The molecule has 0 radical (unpaired) electrons. The zero-order chi connectivity index (χ0) is 15.6. The summed E-state index contributed by atoms with van der Waals surface area (Å²) in [6.07, 6.45) is 3.71. The SMILES string of the molecule is COc1cccc2sc(CNc3ccc4ccncc4c3)cc12. The molecule has 0 aliphatic carbocycles. The predicted octanol–water partition coefficient (Wildman–Crippen LogP) is 5.07. The zero-order valence-electron chi connectivity index (χ0n) is 12.7. The second-order valence-electron chi connectivity index (χ2n) is 5.38. The van der Waals surface area contributed by atoms with Gasteiger partial charge in [0.25, 0.3) is 0 Å². The standard InChI is InChI=1S/C19H16N2OS/c1-22-18-3-2-4-19-17(18)10-16(23-19)12-21-15-6-5-13-7-8-20-11-14(13)9-15/h2-11,21H,12H2,1H3. The van der Waals surface area contributed by atoms with E-state index in [1.807, 2.05) is 30.6 Å². The van der Waals surface area contributed by atoms with Crippen molar-refractivity contribution in [3.05, 3.63) is 65.8 Å². The number of nitrogens with zero attached hydrogens (tertiary/aromatic N) is 1. The van der Waals surface area contributed by atoms with Gasteiger partial charge in [0.05, 0.1) is 7.11 Å². The molecule has 2 aromatic carbocycles. The molecular weight excluding hydrogens is 304 g/mol. The fourth-order valence-corrected chi connectivity index (χ4v) is 3.76. The molecule has 4 rings (SSSR count). The van der Waals surface area contributed by atoms with Crippen molar-refractivity contribution in [3.63, 3.8) is 0 Å². The third kappa shape index (κ3) is 2.73. The maximum atomic E-state index is 5.43. The Labute approximate surface area is 138 Å². The van der Waals surface area contributed by atoms with Gasteiger partial charge in [0.1, 0.15) is 5.75 Å². The van der Waals surface area contributed by atoms with Crippen LogP contribution in [-0.2, 0) is 6.54 Å². The summed E-state index contributed by atoms with van der Waals surface area (Å²) in [5.74, 6) is 0.932. The Kier molecular flexibility index (Phi) is 3.60. The first-order chi connectivity index (χ1) is 11.3. The van der Waals surface area contributed by atoms with Crippen LogP contribution in [0.15, 0.2) is 60.9 Å². The summed E-state index contributed by atoms with van der Waals surface area (Å²) in [5, 5.41) is 7.03. The number of nitrogens with one attached hydrogen (secondary N) is 1. The van der Waals surface area contributed by atoms with E-state index < -0.39 is 0 Å². The van der Waals surface area contributed by atoms with E-state index in [1.54, 1.807) is 18.4 Å². The lowest BCUT2D eigenvalue weighted by Gasteiger charge is -2.06. The highest BCUT2D eigenvalue weighted by atomic mass is 32.1. The number of anilines is 1. The topological polar surface area (TPSA) is 34.1 Å². The summed E-state index contributed by atoms with van der Waals surface area (Å²) in [7, 11) is 1.72. The van der Waals surface area contributed by atoms with Crippen LogP contribution in [0.2, 0.25) is 0 Å². The Bertz CT molecular complexity index is 977. The molecule has 0 unspecified atom stereocenters. The molecule has 4 aromatic rings. The van der Waals surface area contributed by atoms with Crippen LogP contribution in [0, 0.1) is 0 Å². The van der Waals surface area contributed by atoms with Crippen LogP contribution >= 0.6 is 11.3 Å². The number of methoxy groups -OCH3 is 1. The fourth-order valence-electron chi connectivity index (χ4n) is 2.74. The number of ether oxygens (including phenoxy) is 1. The van der Waals surface area contributed by atoms with Gasteiger partial charge in [0.2, 0.25) is 0 Å². The Morgan fingerprint density at radius 3 is 2.96 bits per heavy atom. The molecule has 0 fully saturated rings. The third-order valence-corrected chi connectivity index (χ3v) is 5.00. The smallest absolute Gasteiger partial charge is 0.127 e. The summed E-state index contributed by atoms with van der Waals surface area (Å²) >= 11 is 1.79. The number of aromatic nitrogens is 1. The summed E-state index contributed by atoms with van der Waals surface area (Å²) < 4.78 is 6.68. The highest BCUT2D eigenvalue weighted by Crippen LogP contribution is 2.33. The van der Waals surface area contributed by atoms with Crippen molar-refractivity contribution in [3.8, 4) is 5.75 Å². The summed E-state index contributed by atoms with van der Waals surface area (Å²) in [5.41, 5.74) is 1.11. The van der Waals surface area contributed by atoms with Gasteiger partial charge < -0.3 is 10.1 Å². The summed E-state index contributed by atoms with van der Waals surface area (Å²) in [6, 6.07) is 16.8. The first-order valence-corrected chi connectivity index (χ1v) is 8.28. The van der Waals surface area contributed by atoms with Crippen molar-refractivity contribution in [1.82, 2.24) is 4.98 Å². The van der Waals surface area contributed by atoms with E-state index in [9.17, 15) is 0 Å². The van der Waals surface area contributed by atoms with Gasteiger partial charge in [-0.05, 0) is 41.8 Å². The lowest BCUT2D eigenvalue weighted by atomic mass is 10.1. The molecule has 0 spiro atoms. The molecule has 0 amide bonds. The van der Waals surface area contributed by atoms with E-state index in [0.717, 1.165) is 23.4 Å². The second-order valence-corrected chi connectivity index (χ2v) is 6.54. The maximum absolute atomic E-state index is 5.43. The quantitative estimate of drug-likeness (QED) is 0.570. The number of rotatable bonds is 4. The van der Waals surface area contributed by atoms with E-state index in [2.05, 4.69) is 40.6 Å². The largest absolute Gasteiger partial charge is 0.496 e. The Balaban J connectivity index is 1.58. The Morgan fingerprint density at radius 2 is 2.04 bits per heavy atom. The Morgan fingerprint density at radius 1 is 1.09 bits per heavy atom. The second kappa shape index (κ2) is 5.89. The fraction of sp³-hybridized carbons (Fsp3) is 0.105. The van der Waals surface area contributed by atoms with Crippen LogP contribution in [0.25, 0.3) is 20.9 Å². The molecule has 1 N–H and O–H groups in total. The number of hydrogen-bond donors (Lipinski definition) is 1. The van der Waals surface area contributed by atoms with Crippen LogP contribution in [0.1, 0.15) is 4.88 Å². The molecule has 0 saturated carbocycles. The third-order valence-electron chi connectivity index (χ3n) is 3.90. The number of hydrogen-bond acceptors (Lipinski definition) is 4. The molecule has 2 heterocycles. The first-order valence-electron chi connectivity index (χ1n) is 7.46. The molecule has 23 heavy (non-hydrogen) atoms. The average Bonchev–Trinajstić information content (AvgIpc) is 3.02. The van der Waals surface area contributed by atoms with Crippen molar-refractivity contribution >= 4 is 37.9 Å². The minimum absolute atomic E-state index is 0.800. The molecule has 0 aliphatic rings. The van der Waals surface area contributed by atoms with Crippen LogP contribution in [0.4, 0.5) is 5.69 Å². The van der Waals surface area contributed by atoms with E-state index >= 15 is 0 Å². The van der Waals surface area contributed by atoms with Crippen molar-refractivity contribution in [2.45, 2.75) is 6.54 Å². The van der Waals surface area contributed by atoms with Crippen LogP contribution in [0.3, 0.4) is 0 Å². The summed E-state index contributed by atoms with van der Waals surface area (Å²) in [4.78, 5) is 5.47. The molecule has 114 valence electrons. The lowest BCUT2D eigenvalue weighted by molar-refractivity contribution is 0.420. The minimum Gasteiger partial charge on any atom is -0.496 e. The molecule has 0 atom stereocenters. The van der Waals surface area contributed by atoms with Crippen molar-refractivity contribution in [2.75, 3.05) is 12.4 Å². The summed E-state index contributed by atoms with van der Waals surface area (Å²) in [6.45, 7) is 0.800. The molecule has 0 saturated heterocycles. The van der Waals surface area contributed by atoms with Crippen LogP contribution in [-0.4, -0.2) is 12.1 Å². The Hall–Kier alpha value is -2.59. The molecule has 2 aromatic heterocycles. The van der Waals surface area contributed by atoms with Crippen molar-refractivity contribution in [1.29, 1.82) is 0 Å². The zero-order valence-corrected chi connectivity index (χ0v) is 13.6. The molecule has 0 bridgehead atoms. The normalized spacial score (nSPS) is 11.0. The molecule has 3 nitrogen and oxygen atoms in total. The molecular formula is C19H16N2OS. The van der Waals surface area contributed by atoms with Gasteiger partial charge in [-0.1, -0.05) is 12.1 Å². The number of thiophene rings is 1. The highest BCUT2D eigenvalue weighted by molar-refractivity contribution is 7.19. The highest BCUT2D eigenvalue weighted by Gasteiger charge is 2.06. The van der Waals surface area contributed by atoms with Crippen molar-refractivity contribution < 1.29 is 4.74 Å². The van der Waals surface area contributed by atoms with Gasteiger partial charge in [-0.15, -0.1) is 11.3 Å². The van der Waals surface area contributed by atoms with Crippen LogP contribution < -0.4 is 10.1 Å². The van der Waals surface area contributed by atoms with E-state index in [1.165, 1.54) is 20.3 Å². The van der Waals surface area contributed by atoms with E-state index in [0.29, 0.717) is 0 Å². The lowest BCUT2D eigenvalue weighted by Crippen LogP contribution is -1.96. The number of fused-ring (bicyclic) bond motifs is 2. The maximum Gasteiger partial charge on any atom is 0.127 e. The van der Waals surface area contributed by atoms with Crippen LogP contribution in [0.5, 0.6) is 5.75 Å². The predicted molar refractivity (Wildman–Crippen MR) is 97.4 cm³/mol. The first kappa shape index (κ1) is 14.0. The van der Waals surface area contributed by atoms with Gasteiger partial charge in [0, 0.05) is 45.0 Å². The van der Waals surface area contributed by atoms with Gasteiger partial charge in [-0.25, -0.2) is 0 Å². The minimum atomic E-state index is 0.800. The van der Waals surface area contributed by atoms with Crippen molar-refractivity contribution in [2.24, 2.45) is 0 Å². The number of pyridine rings is 1.